The lowest BCUT2D eigenvalue weighted by atomic mass is 9.99. The molecule has 8 heteroatoms. The van der Waals surface area contributed by atoms with Gasteiger partial charge in [-0.2, -0.15) is 0 Å². The van der Waals surface area contributed by atoms with E-state index in [2.05, 4.69) is 15.8 Å². The van der Waals surface area contributed by atoms with Crippen molar-refractivity contribution in [3.05, 3.63) is 95.1 Å². The van der Waals surface area contributed by atoms with E-state index in [0.717, 1.165) is 28.0 Å². The third-order valence-electron chi connectivity index (χ3n) is 5.67. The van der Waals surface area contributed by atoms with Crippen molar-refractivity contribution in [3.63, 3.8) is 0 Å². The second-order valence-corrected chi connectivity index (χ2v) is 8.21. The van der Waals surface area contributed by atoms with E-state index >= 15 is 0 Å². The zero-order valence-corrected chi connectivity index (χ0v) is 19.2. The standard InChI is InChI=1S/C27H25N3O5/c1-17(31)28-16-22-14-25(30-35-22)21-12-10-20(11-13-21)19-8-6-18(7-9-19)15-29-26(32)23-4-2-3-5-24(23)27(33)34/h2-13,22H,14-16H2,1H3,(H,28,31)(H,29,32)(H,33,34). The van der Waals surface area contributed by atoms with E-state index < -0.39 is 11.9 Å². The topological polar surface area (TPSA) is 117 Å². The molecule has 4 rings (SSSR count). The second-order valence-electron chi connectivity index (χ2n) is 8.21. The second kappa shape index (κ2) is 10.6. The number of benzene rings is 3. The molecule has 1 atom stereocenters. The minimum Gasteiger partial charge on any atom is -0.478 e. The highest BCUT2D eigenvalue weighted by Gasteiger charge is 2.22. The largest absolute Gasteiger partial charge is 0.478 e. The molecule has 0 bridgehead atoms. The van der Waals surface area contributed by atoms with Gasteiger partial charge in [0.1, 0.15) is 6.10 Å². The molecule has 35 heavy (non-hydrogen) atoms. The Morgan fingerprint density at radius 2 is 1.49 bits per heavy atom. The first kappa shape index (κ1) is 23.7. The predicted octanol–water partition coefficient (Wildman–Crippen LogP) is 3.61. The number of aromatic carboxylic acids is 1. The van der Waals surface area contributed by atoms with E-state index in [1.807, 2.05) is 48.5 Å². The highest BCUT2D eigenvalue weighted by molar-refractivity contribution is 6.04. The van der Waals surface area contributed by atoms with Gasteiger partial charge in [-0.15, -0.1) is 0 Å². The van der Waals surface area contributed by atoms with Crippen LogP contribution in [0.15, 0.2) is 78.0 Å². The Morgan fingerprint density at radius 1 is 0.886 bits per heavy atom. The molecular formula is C27H25N3O5. The van der Waals surface area contributed by atoms with Gasteiger partial charge in [0.25, 0.3) is 5.91 Å². The van der Waals surface area contributed by atoms with E-state index in [4.69, 9.17) is 4.84 Å². The van der Waals surface area contributed by atoms with E-state index in [1.54, 1.807) is 12.1 Å². The van der Waals surface area contributed by atoms with Gasteiger partial charge in [-0.1, -0.05) is 65.8 Å². The number of hydrogen-bond donors (Lipinski definition) is 3. The molecule has 1 unspecified atom stereocenters. The highest BCUT2D eigenvalue weighted by Crippen LogP contribution is 2.23. The van der Waals surface area contributed by atoms with Gasteiger partial charge in [-0.05, 0) is 34.4 Å². The Hall–Kier alpha value is -4.46. The summed E-state index contributed by atoms with van der Waals surface area (Å²) in [4.78, 5) is 40.2. The van der Waals surface area contributed by atoms with Gasteiger partial charge >= 0.3 is 5.97 Å². The van der Waals surface area contributed by atoms with Crippen molar-refractivity contribution in [1.82, 2.24) is 10.6 Å². The highest BCUT2D eigenvalue weighted by atomic mass is 16.6. The first-order valence-electron chi connectivity index (χ1n) is 11.2. The van der Waals surface area contributed by atoms with Crippen LogP contribution in [0, 0.1) is 0 Å². The average molecular weight is 472 g/mol. The van der Waals surface area contributed by atoms with Crippen molar-refractivity contribution in [2.45, 2.75) is 26.0 Å². The normalized spacial score (nSPS) is 14.5. The first-order chi connectivity index (χ1) is 16.9. The number of nitrogens with one attached hydrogen (secondary N) is 2. The SMILES string of the molecule is CC(=O)NCC1CC(c2ccc(-c3ccc(CNC(=O)c4ccccc4C(=O)O)cc3)cc2)=NO1. The van der Waals surface area contributed by atoms with Gasteiger partial charge < -0.3 is 20.6 Å². The van der Waals surface area contributed by atoms with Gasteiger partial charge in [0.15, 0.2) is 0 Å². The fraction of sp³-hybridized carbons (Fsp3) is 0.185. The number of carboxylic acid groups (broad SMARTS) is 1. The molecule has 178 valence electrons. The van der Waals surface area contributed by atoms with Crippen LogP contribution < -0.4 is 10.6 Å². The van der Waals surface area contributed by atoms with Gasteiger partial charge in [-0.3, -0.25) is 9.59 Å². The van der Waals surface area contributed by atoms with Crippen LogP contribution in [0.1, 0.15) is 45.2 Å². The summed E-state index contributed by atoms with van der Waals surface area (Å²) in [6.07, 6.45) is 0.482. The smallest absolute Gasteiger partial charge is 0.336 e. The van der Waals surface area contributed by atoms with Crippen LogP contribution in [0.2, 0.25) is 0 Å². The summed E-state index contributed by atoms with van der Waals surface area (Å²) in [6, 6.07) is 21.9. The Kier molecular flexibility index (Phi) is 7.21. The predicted molar refractivity (Wildman–Crippen MR) is 131 cm³/mol. The monoisotopic (exact) mass is 471 g/mol. The van der Waals surface area contributed by atoms with Gasteiger partial charge in [0.05, 0.1) is 23.4 Å². The number of hydrogen-bond acceptors (Lipinski definition) is 5. The third kappa shape index (κ3) is 5.92. The van der Waals surface area contributed by atoms with Gasteiger partial charge in [0, 0.05) is 19.9 Å². The molecule has 0 aromatic heterocycles. The first-order valence-corrected chi connectivity index (χ1v) is 11.2. The molecule has 0 fully saturated rings. The van der Waals surface area contributed by atoms with Crippen molar-refractivity contribution in [1.29, 1.82) is 0 Å². The Labute approximate surface area is 202 Å². The lowest BCUT2D eigenvalue weighted by Crippen LogP contribution is -2.30. The average Bonchev–Trinajstić information content (AvgIpc) is 3.35. The van der Waals surface area contributed by atoms with Crippen molar-refractivity contribution in [2.24, 2.45) is 5.16 Å². The van der Waals surface area contributed by atoms with Crippen LogP contribution in [-0.4, -0.2) is 41.3 Å². The van der Waals surface area contributed by atoms with E-state index in [1.165, 1.54) is 19.1 Å². The van der Waals surface area contributed by atoms with Gasteiger partial charge in [-0.25, -0.2) is 4.79 Å². The molecule has 0 saturated heterocycles. The maximum absolute atomic E-state index is 12.4. The molecule has 2 amide bonds. The molecule has 1 heterocycles. The number of amides is 2. The minimum absolute atomic E-state index is 0.0258. The quantitative estimate of drug-likeness (QED) is 0.464. The number of carbonyl (C=O) groups excluding carboxylic acids is 2. The summed E-state index contributed by atoms with van der Waals surface area (Å²) >= 11 is 0. The van der Waals surface area contributed by atoms with Crippen molar-refractivity contribution in [2.75, 3.05) is 6.54 Å². The lowest BCUT2D eigenvalue weighted by molar-refractivity contribution is -0.119. The molecule has 1 aliphatic rings. The number of carboxylic acids is 1. The Balaban J connectivity index is 1.34. The van der Waals surface area contributed by atoms with Crippen LogP contribution >= 0.6 is 0 Å². The van der Waals surface area contributed by atoms with Crippen LogP contribution in [0.25, 0.3) is 11.1 Å². The van der Waals surface area contributed by atoms with Crippen LogP contribution in [0.3, 0.4) is 0 Å². The fourth-order valence-corrected chi connectivity index (χ4v) is 3.78. The lowest BCUT2D eigenvalue weighted by Gasteiger charge is -2.09. The van der Waals surface area contributed by atoms with Crippen molar-refractivity contribution >= 4 is 23.5 Å². The zero-order valence-electron chi connectivity index (χ0n) is 19.2. The fourth-order valence-electron chi connectivity index (χ4n) is 3.78. The van der Waals surface area contributed by atoms with Crippen molar-refractivity contribution in [3.8, 4) is 11.1 Å². The molecule has 8 nitrogen and oxygen atoms in total. The summed E-state index contributed by atoms with van der Waals surface area (Å²) in [6.45, 7) is 2.18. The summed E-state index contributed by atoms with van der Waals surface area (Å²) in [7, 11) is 0. The number of oxime groups is 1. The molecule has 0 aliphatic carbocycles. The molecule has 3 aromatic carbocycles. The summed E-state index contributed by atoms with van der Waals surface area (Å²) in [5.74, 6) is -1.66. The molecule has 0 saturated carbocycles. The van der Waals surface area contributed by atoms with Crippen LogP contribution in [0.5, 0.6) is 0 Å². The summed E-state index contributed by atoms with van der Waals surface area (Å²) < 4.78 is 0. The molecule has 0 radical (unpaired) electrons. The van der Waals surface area contributed by atoms with Crippen molar-refractivity contribution < 1.29 is 24.3 Å². The molecule has 1 aliphatic heterocycles. The molecule has 3 N–H and O–H groups in total. The van der Waals surface area contributed by atoms with Crippen LogP contribution in [0.4, 0.5) is 0 Å². The number of nitrogens with zero attached hydrogens (tertiary/aromatic N) is 1. The zero-order chi connectivity index (χ0) is 24.8. The Morgan fingerprint density at radius 3 is 2.11 bits per heavy atom. The maximum Gasteiger partial charge on any atom is 0.336 e. The van der Waals surface area contributed by atoms with Gasteiger partial charge in [0.2, 0.25) is 5.91 Å². The third-order valence-corrected chi connectivity index (χ3v) is 5.67. The molecule has 0 spiro atoms. The molecule has 3 aromatic rings. The van der Waals surface area contributed by atoms with Crippen LogP contribution in [-0.2, 0) is 16.2 Å². The Bertz CT molecular complexity index is 1270. The molecular weight excluding hydrogens is 446 g/mol. The number of rotatable bonds is 8. The van der Waals surface area contributed by atoms with E-state index in [-0.39, 0.29) is 29.7 Å². The van der Waals surface area contributed by atoms with E-state index in [9.17, 15) is 19.5 Å². The van der Waals surface area contributed by atoms with E-state index in [0.29, 0.717) is 13.0 Å². The summed E-state index contributed by atoms with van der Waals surface area (Å²) in [5.41, 5.74) is 4.89. The minimum atomic E-state index is -1.14. The summed E-state index contributed by atoms with van der Waals surface area (Å²) in [5, 5.41) is 18.9. The maximum atomic E-state index is 12.4. The number of carbonyl (C=O) groups is 3.